The number of carbonyl (C=O) groups excluding carboxylic acids is 6. The molecule has 3 amide bonds. The fraction of sp³-hybridized carbons (Fsp3) is 0.391. The molecule has 3 saturated carbocycles. The van der Waals surface area contributed by atoms with Crippen molar-refractivity contribution in [2.24, 2.45) is 17.8 Å². The Bertz CT molecular complexity index is 1910. The zero-order valence-electron chi connectivity index (χ0n) is 33.4. The highest BCUT2D eigenvalue weighted by atomic mass is 16.5. The quantitative estimate of drug-likeness (QED) is 0.0915. The van der Waals surface area contributed by atoms with E-state index in [1.165, 1.54) is 78.9 Å². The summed E-state index contributed by atoms with van der Waals surface area (Å²) in [5, 5.41) is 7.98. The number of carbonyl (C=O) groups is 6. The molecule has 0 radical (unpaired) electrons. The minimum Gasteiger partial charge on any atom is -0.426 e. The van der Waals surface area contributed by atoms with Crippen molar-refractivity contribution >= 4 is 53.2 Å². The van der Waals surface area contributed by atoms with E-state index in [9.17, 15) is 28.8 Å². The molecular weight excluding hydrogens is 767 g/mol. The van der Waals surface area contributed by atoms with Crippen molar-refractivity contribution in [3.63, 3.8) is 0 Å². The Hall–Kier alpha value is -6.44. The zero-order chi connectivity index (χ0) is 41.8. The number of nitrogens with one attached hydrogen (secondary N) is 3. The summed E-state index contributed by atoms with van der Waals surface area (Å²) in [5.41, 5.74) is 0.677. The Labute approximate surface area is 348 Å². The van der Waals surface area contributed by atoms with Crippen LogP contribution in [0.5, 0.6) is 17.2 Å². The molecule has 3 aliphatic carbocycles. The molecule has 0 atom stereocenters. The van der Waals surface area contributed by atoms with Crippen LogP contribution < -0.4 is 30.2 Å². The highest BCUT2D eigenvalue weighted by Crippen LogP contribution is 2.29. The lowest BCUT2D eigenvalue weighted by atomic mass is 9.89. The molecule has 0 aliphatic heterocycles. The van der Waals surface area contributed by atoms with Gasteiger partial charge in [-0.05, 0) is 111 Å². The van der Waals surface area contributed by atoms with Crippen molar-refractivity contribution in [3.05, 3.63) is 95.6 Å². The monoisotopic (exact) mass is 815 g/mol. The van der Waals surface area contributed by atoms with Crippen molar-refractivity contribution in [3.8, 4) is 17.2 Å². The van der Waals surface area contributed by atoms with E-state index in [2.05, 4.69) is 25.9 Å². The number of aromatic nitrogens is 2. The first-order chi connectivity index (χ1) is 29.2. The van der Waals surface area contributed by atoms with Gasteiger partial charge in [0, 0.05) is 22.8 Å². The Morgan fingerprint density at radius 3 is 0.983 bits per heavy atom. The van der Waals surface area contributed by atoms with Crippen LogP contribution >= 0.6 is 0 Å². The van der Waals surface area contributed by atoms with Gasteiger partial charge in [0.1, 0.15) is 28.9 Å². The van der Waals surface area contributed by atoms with Gasteiger partial charge in [-0.15, -0.1) is 0 Å². The molecule has 14 heteroatoms. The smallest absolute Gasteiger partial charge is 0.314 e. The van der Waals surface area contributed by atoms with E-state index in [0.717, 1.165) is 96.3 Å². The largest absolute Gasteiger partial charge is 0.426 e. The topological polar surface area (TPSA) is 192 Å². The van der Waals surface area contributed by atoms with E-state index in [0.29, 0.717) is 17.2 Å². The molecule has 4 aromatic rings. The van der Waals surface area contributed by atoms with Crippen LogP contribution in [0.4, 0.5) is 17.6 Å². The zero-order valence-corrected chi connectivity index (χ0v) is 33.4. The van der Waals surface area contributed by atoms with Crippen molar-refractivity contribution in [2.75, 3.05) is 16.0 Å². The van der Waals surface area contributed by atoms with Crippen LogP contribution in [0.2, 0.25) is 0 Å². The fourth-order valence-corrected chi connectivity index (χ4v) is 7.82. The van der Waals surface area contributed by atoms with Gasteiger partial charge in [0.05, 0.1) is 17.8 Å². The van der Waals surface area contributed by atoms with Crippen LogP contribution in [-0.2, 0) is 14.4 Å². The maximum Gasteiger partial charge on any atom is 0.314 e. The number of ether oxygens (including phenoxy) is 3. The SMILES string of the molecule is O=C(Nc1cc(NC(=O)c2ccc(OC(=O)C3CCCCC3)cc2)nc(NC(=O)c2ccc(OC(=O)C3CCCCC3)cc2)n1)c1ccc(OC(=O)C2CCCCC2)cc1. The van der Waals surface area contributed by atoms with Crippen molar-refractivity contribution in [1.29, 1.82) is 0 Å². The summed E-state index contributed by atoms with van der Waals surface area (Å²) >= 11 is 0. The average Bonchev–Trinajstić information content (AvgIpc) is 3.28. The Morgan fingerprint density at radius 2 is 0.683 bits per heavy atom. The molecule has 3 aliphatic rings. The second-order valence-corrected chi connectivity index (χ2v) is 15.7. The minimum atomic E-state index is -0.599. The molecule has 312 valence electrons. The molecule has 0 spiro atoms. The number of esters is 3. The Morgan fingerprint density at radius 1 is 0.400 bits per heavy atom. The van der Waals surface area contributed by atoms with Gasteiger partial charge in [-0.3, -0.25) is 34.1 Å². The highest BCUT2D eigenvalue weighted by molar-refractivity contribution is 6.07. The van der Waals surface area contributed by atoms with Gasteiger partial charge in [-0.1, -0.05) is 57.8 Å². The van der Waals surface area contributed by atoms with E-state index in [4.69, 9.17) is 14.2 Å². The number of benzene rings is 3. The third-order valence-electron chi connectivity index (χ3n) is 11.3. The van der Waals surface area contributed by atoms with E-state index in [1.807, 2.05) is 0 Å². The number of rotatable bonds is 12. The second-order valence-electron chi connectivity index (χ2n) is 15.7. The third kappa shape index (κ3) is 11.4. The molecule has 7 rings (SSSR count). The first kappa shape index (κ1) is 41.7. The summed E-state index contributed by atoms with van der Waals surface area (Å²) < 4.78 is 16.7. The molecule has 1 heterocycles. The van der Waals surface area contributed by atoms with E-state index in [-0.39, 0.29) is 69.9 Å². The molecule has 3 aromatic carbocycles. The summed E-state index contributed by atoms with van der Waals surface area (Å²) in [6.07, 6.45) is 14.1. The lowest BCUT2D eigenvalue weighted by Gasteiger charge is -2.19. The van der Waals surface area contributed by atoms with Crippen molar-refractivity contribution < 1.29 is 43.0 Å². The molecule has 60 heavy (non-hydrogen) atoms. The summed E-state index contributed by atoms with van der Waals surface area (Å²) in [6, 6.07) is 19.6. The van der Waals surface area contributed by atoms with Gasteiger partial charge in [0.2, 0.25) is 5.95 Å². The maximum atomic E-state index is 13.4. The van der Waals surface area contributed by atoms with E-state index < -0.39 is 17.7 Å². The van der Waals surface area contributed by atoms with Gasteiger partial charge in [0.15, 0.2) is 0 Å². The summed E-state index contributed by atoms with van der Waals surface area (Å²) in [4.78, 5) is 86.7. The first-order valence-electron chi connectivity index (χ1n) is 21.0. The normalized spacial score (nSPS) is 16.2. The van der Waals surface area contributed by atoms with Crippen LogP contribution in [0.1, 0.15) is 127 Å². The van der Waals surface area contributed by atoms with E-state index >= 15 is 0 Å². The predicted octanol–water partition coefficient (Wildman–Crippen LogP) is 8.69. The van der Waals surface area contributed by atoms with Crippen LogP contribution in [0.3, 0.4) is 0 Å². The van der Waals surface area contributed by atoms with Crippen LogP contribution in [-0.4, -0.2) is 45.6 Å². The lowest BCUT2D eigenvalue weighted by molar-refractivity contribution is -0.140. The number of hydrogen-bond donors (Lipinski definition) is 3. The minimum absolute atomic E-state index is 0.0386. The fourth-order valence-electron chi connectivity index (χ4n) is 7.82. The summed E-state index contributed by atoms with van der Waals surface area (Å²) in [5.74, 6) is -2.30. The van der Waals surface area contributed by atoms with Gasteiger partial charge >= 0.3 is 17.9 Å². The van der Waals surface area contributed by atoms with Crippen LogP contribution in [0.15, 0.2) is 78.9 Å². The molecule has 3 N–H and O–H groups in total. The number of hydrogen-bond acceptors (Lipinski definition) is 11. The Balaban J connectivity index is 1.04. The van der Waals surface area contributed by atoms with Gasteiger partial charge in [-0.2, -0.15) is 9.97 Å². The lowest BCUT2D eigenvalue weighted by Crippen LogP contribution is -2.23. The first-order valence-corrected chi connectivity index (χ1v) is 21.0. The standard InChI is InChI=1S/C46H49N5O9/c52-40(29-16-22-35(23-17-29)58-43(55)32-10-4-1-5-11-32)47-38-28-39(48-41(53)30-18-24-36(25-19-30)59-44(56)33-12-6-2-7-13-33)50-46(49-38)51-42(54)31-20-26-37(27-21-31)60-45(57)34-14-8-3-9-15-34/h16-28,32-34H,1-15H2,(H3,47,48,49,50,51,52,53,54). The van der Waals surface area contributed by atoms with Crippen molar-refractivity contribution in [1.82, 2.24) is 9.97 Å². The average molecular weight is 816 g/mol. The van der Waals surface area contributed by atoms with Gasteiger partial charge in [-0.25, -0.2) is 0 Å². The predicted molar refractivity (Wildman–Crippen MR) is 222 cm³/mol. The maximum absolute atomic E-state index is 13.4. The molecular formula is C46H49N5O9. The number of amides is 3. The molecule has 0 bridgehead atoms. The molecule has 0 unspecified atom stereocenters. The molecule has 3 fully saturated rings. The van der Waals surface area contributed by atoms with Crippen molar-refractivity contribution in [2.45, 2.75) is 96.3 Å². The molecule has 0 saturated heterocycles. The molecule has 1 aromatic heterocycles. The van der Waals surface area contributed by atoms with Gasteiger partial charge in [0.25, 0.3) is 17.7 Å². The van der Waals surface area contributed by atoms with Crippen LogP contribution in [0.25, 0.3) is 0 Å². The van der Waals surface area contributed by atoms with Gasteiger partial charge < -0.3 is 24.8 Å². The second kappa shape index (κ2) is 20.0. The number of nitrogens with zero attached hydrogens (tertiary/aromatic N) is 2. The van der Waals surface area contributed by atoms with E-state index in [1.54, 1.807) is 0 Å². The molecule has 14 nitrogen and oxygen atoms in total. The number of anilines is 3. The summed E-state index contributed by atoms with van der Waals surface area (Å²) in [6.45, 7) is 0. The highest BCUT2D eigenvalue weighted by Gasteiger charge is 2.26. The Kier molecular flexibility index (Phi) is 13.9. The summed E-state index contributed by atoms with van der Waals surface area (Å²) in [7, 11) is 0. The third-order valence-corrected chi connectivity index (χ3v) is 11.3. The van der Waals surface area contributed by atoms with Crippen LogP contribution in [0, 0.1) is 17.8 Å².